The van der Waals surface area contributed by atoms with Gasteiger partial charge in [-0.3, -0.25) is 9.59 Å². The maximum absolute atomic E-state index is 14.3. The van der Waals surface area contributed by atoms with Crippen molar-refractivity contribution in [2.24, 2.45) is 5.92 Å². The molecule has 3 unspecified atom stereocenters. The molecule has 7 heteroatoms. The van der Waals surface area contributed by atoms with Gasteiger partial charge in [0, 0.05) is 17.3 Å². The Morgan fingerprint density at radius 2 is 1.59 bits per heavy atom. The van der Waals surface area contributed by atoms with E-state index in [4.69, 9.17) is 11.2 Å². The van der Waals surface area contributed by atoms with Crippen molar-refractivity contribution in [3.63, 3.8) is 0 Å². The first kappa shape index (κ1) is 31.4. The number of nitrogens with one attached hydrogen (secondary N) is 2. The van der Waals surface area contributed by atoms with Crippen LogP contribution in [0.5, 0.6) is 0 Å². The van der Waals surface area contributed by atoms with Crippen LogP contribution in [0.3, 0.4) is 0 Å². The fourth-order valence-electron chi connectivity index (χ4n) is 4.45. The van der Waals surface area contributed by atoms with Crippen molar-refractivity contribution in [1.29, 1.82) is 0 Å². The molecule has 2 N–H and O–H groups in total. The number of hydrogen-bond acceptors (Lipinski definition) is 4. The van der Waals surface area contributed by atoms with E-state index in [0.717, 1.165) is 11.1 Å². The number of para-hydroxylation sites is 1. The molecule has 0 heterocycles. The van der Waals surface area contributed by atoms with Crippen LogP contribution in [0, 0.1) is 32.1 Å². The van der Waals surface area contributed by atoms with Crippen LogP contribution in [0.25, 0.3) is 0 Å². The van der Waals surface area contributed by atoms with E-state index in [1.165, 1.54) is 4.90 Å². The summed E-state index contributed by atoms with van der Waals surface area (Å²) < 4.78 is 5.46. The van der Waals surface area contributed by atoms with E-state index in [-0.39, 0.29) is 5.92 Å². The molecule has 7 nitrogen and oxygen atoms in total. The molecule has 0 spiro atoms. The van der Waals surface area contributed by atoms with Gasteiger partial charge in [-0.2, -0.15) is 0 Å². The Morgan fingerprint density at radius 3 is 2.10 bits per heavy atom. The Labute approximate surface area is 233 Å². The zero-order chi connectivity index (χ0) is 29.5. The Hall–Kier alpha value is -3.79. The lowest BCUT2D eigenvalue weighted by Gasteiger charge is -2.39. The highest BCUT2D eigenvalue weighted by Crippen LogP contribution is 2.31. The molecular formula is C32H43N3O4. The Balaban J connectivity index is 2.65. The Bertz CT molecular complexity index is 1200. The van der Waals surface area contributed by atoms with Crippen LogP contribution in [-0.2, 0) is 14.3 Å². The van der Waals surface area contributed by atoms with Gasteiger partial charge in [0.1, 0.15) is 17.7 Å². The van der Waals surface area contributed by atoms with Gasteiger partial charge in [-0.05, 0) is 77.1 Å². The molecule has 0 bridgehead atoms. The molecule has 0 aromatic heterocycles. The smallest absolute Gasteiger partial charge is 0.408 e. The van der Waals surface area contributed by atoms with Crippen molar-refractivity contribution in [2.75, 3.05) is 5.32 Å². The third-order valence-electron chi connectivity index (χ3n) is 6.63. The lowest BCUT2D eigenvalue weighted by atomic mass is 9.93. The number of benzene rings is 2. The molecule has 0 radical (unpaired) electrons. The number of terminal acetylenes is 1. The van der Waals surface area contributed by atoms with Crippen molar-refractivity contribution in [3.8, 4) is 12.3 Å². The second kappa shape index (κ2) is 13.3. The number of nitrogens with zero attached hydrogens (tertiary/aromatic N) is 1. The average Bonchev–Trinajstić information content (AvgIpc) is 2.85. The van der Waals surface area contributed by atoms with Crippen molar-refractivity contribution in [1.82, 2.24) is 10.2 Å². The molecule has 0 saturated carbocycles. The van der Waals surface area contributed by atoms with Crippen molar-refractivity contribution in [2.45, 2.75) is 92.5 Å². The molecular weight excluding hydrogens is 490 g/mol. The third-order valence-corrected chi connectivity index (χ3v) is 6.63. The second-order valence-electron chi connectivity index (χ2n) is 11.2. The standard InChI is InChI=1S/C32H43N3O4/c1-11-21(5)27(34-31(38)39-32(8,9)10)30(37)35(20(3)4)28(25-19-14-13-18-24(25)12-2)29(36)33-26-22(6)16-15-17-23(26)7/h2,13-21,27-28H,11H2,1,3-10H3,(H,33,36)(H,34,38). The highest BCUT2D eigenvalue weighted by Gasteiger charge is 2.40. The first-order chi connectivity index (χ1) is 18.2. The van der Waals surface area contributed by atoms with E-state index < -0.39 is 41.6 Å². The van der Waals surface area contributed by atoms with E-state index in [1.54, 1.807) is 45.0 Å². The van der Waals surface area contributed by atoms with Gasteiger partial charge in [-0.25, -0.2) is 4.79 Å². The molecule has 2 aromatic carbocycles. The highest BCUT2D eigenvalue weighted by atomic mass is 16.6. The SMILES string of the molecule is C#Cc1ccccc1C(C(=O)Nc1c(C)cccc1C)N(C(=O)C(NC(=O)OC(C)(C)C)C(C)CC)C(C)C. The maximum atomic E-state index is 14.3. The van der Waals surface area contributed by atoms with Crippen LogP contribution in [-0.4, -0.2) is 40.5 Å². The number of ether oxygens (including phenoxy) is 1. The van der Waals surface area contributed by atoms with Crippen molar-refractivity contribution < 1.29 is 19.1 Å². The summed E-state index contributed by atoms with van der Waals surface area (Å²) in [5.74, 6) is 1.66. The molecule has 3 amide bonds. The summed E-state index contributed by atoms with van der Waals surface area (Å²) >= 11 is 0. The van der Waals surface area contributed by atoms with Crippen LogP contribution in [0.15, 0.2) is 42.5 Å². The van der Waals surface area contributed by atoms with Gasteiger partial charge in [0.25, 0.3) is 5.91 Å². The first-order valence-corrected chi connectivity index (χ1v) is 13.5. The minimum Gasteiger partial charge on any atom is -0.444 e. The molecule has 3 atom stereocenters. The molecule has 0 aliphatic carbocycles. The number of anilines is 1. The third kappa shape index (κ3) is 8.10. The molecule has 39 heavy (non-hydrogen) atoms. The summed E-state index contributed by atoms with van der Waals surface area (Å²) in [5.41, 5.74) is 2.80. The summed E-state index contributed by atoms with van der Waals surface area (Å²) in [5, 5.41) is 5.84. The molecule has 0 aliphatic heterocycles. The predicted octanol–water partition coefficient (Wildman–Crippen LogP) is 6.14. The minimum atomic E-state index is -1.05. The normalized spacial score (nSPS) is 13.6. The summed E-state index contributed by atoms with van der Waals surface area (Å²) in [7, 11) is 0. The lowest BCUT2D eigenvalue weighted by molar-refractivity contribution is -0.144. The first-order valence-electron chi connectivity index (χ1n) is 13.5. The largest absolute Gasteiger partial charge is 0.444 e. The van der Waals surface area contributed by atoms with E-state index in [2.05, 4.69) is 16.6 Å². The number of carbonyl (C=O) groups excluding carboxylic acids is 3. The van der Waals surface area contributed by atoms with Crippen LogP contribution in [0.2, 0.25) is 0 Å². The number of aryl methyl sites for hydroxylation is 2. The fraction of sp³-hybridized carbons (Fsp3) is 0.469. The van der Waals surface area contributed by atoms with Crippen molar-refractivity contribution >= 4 is 23.6 Å². The summed E-state index contributed by atoms with van der Waals surface area (Å²) in [4.78, 5) is 42.7. The Kier molecular flexibility index (Phi) is 10.7. The van der Waals surface area contributed by atoms with E-state index in [9.17, 15) is 14.4 Å². The second-order valence-corrected chi connectivity index (χ2v) is 11.2. The van der Waals surface area contributed by atoms with Crippen LogP contribution >= 0.6 is 0 Å². The van der Waals surface area contributed by atoms with Gasteiger partial charge in [0.15, 0.2) is 0 Å². The molecule has 0 saturated heterocycles. The van der Waals surface area contributed by atoms with E-state index >= 15 is 0 Å². The Morgan fingerprint density at radius 1 is 1.00 bits per heavy atom. The average molecular weight is 534 g/mol. The monoisotopic (exact) mass is 533 g/mol. The lowest BCUT2D eigenvalue weighted by Crippen LogP contribution is -2.56. The minimum absolute atomic E-state index is 0.225. The highest BCUT2D eigenvalue weighted by molar-refractivity contribution is 6.00. The molecule has 210 valence electrons. The summed E-state index contributed by atoms with van der Waals surface area (Å²) in [6, 6.07) is 10.5. The summed E-state index contributed by atoms with van der Waals surface area (Å²) in [6.45, 7) is 16.6. The molecule has 0 fully saturated rings. The number of carbonyl (C=O) groups is 3. The number of alkyl carbamates (subject to hydrolysis) is 1. The number of amides is 3. The van der Waals surface area contributed by atoms with Gasteiger partial charge in [0.05, 0.1) is 0 Å². The molecule has 2 rings (SSSR count). The van der Waals surface area contributed by atoms with E-state index in [1.807, 2.05) is 59.7 Å². The fourth-order valence-corrected chi connectivity index (χ4v) is 4.45. The van der Waals surface area contributed by atoms with Gasteiger partial charge in [-0.15, -0.1) is 6.42 Å². The quantitative estimate of drug-likeness (QED) is 0.379. The number of hydrogen-bond donors (Lipinski definition) is 2. The van der Waals surface area contributed by atoms with Gasteiger partial charge in [0.2, 0.25) is 5.91 Å². The number of rotatable bonds is 9. The van der Waals surface area contributed by atoms with E-state index in [0.29, 0.717) is 23.2 Å². The maximum Gasteiger partial charge on any atom is 0.408 e. The van der Waals surface area contributed by atoms with Crippen LogP contribution in [0.4, 0.5) is 10.5 Å². The zero-order valence-corrected chi connectivity index (χ0v) is 24.7. The van der Waals surface area contributed by atoms with Crippen molar-refractivity contribution in [3.05, 3.63) is 64.7 Å². The van der Waals surface area contributed by atoms with Gasteiger partial charge >= 0.3 is 6.09 Å². The molecule has 2 aromatic rings. The van der Waals surface area contributed by atoms with Gasteiger partial charge in [-0.1, -0.05) is 62.6 Å². The molecule has 0 aliphatic rings. The van der Waals surface area contributed by atoms with Crippen LogP contribution in [0.1, 0.15) is 83.2 Å². The topological polar surface area (TPSA) is 87.7 Å². The zero-order valence-electron chi connectivity index (χ0n) is 24.7. The van der Waals surface area contributed by atoms with Crippen LogP contribution < -0.4 is 10.6 Å². The van der Waals surface area contributed by atoms with Gasteiger partial charge < -0.3 is 20.3 Å². The summed E-state index contributed by atoms with van der Waals surface area (Å²) in [6.07, 6.45) is 5.77. The predicted molar refractivity (Wildman–Crippen MR) is 156 cm³/mol.